The monoisotopic (exact) mass is 520 g/mol. The third-order valence-corrected chi connectivity index (χ3v) is 6.39. The molecule has 10 heteroatoms. The minimum Gasteiger partial charge on any atom is -0.507 e. The molecule has 1 atom stereocenters. The number of benzene rings is 1. The lowest BCUT2D eigenvalue weighted by molar-refractivity contribution is -0.137. The van der Waals surface area contributed by atoms with Crippen LogP contribution < -0.4 is 5.73 Å². The van der Waals surface area contributed by atoms with Crippen LogP contribution in [0.5, 0.6) is 5.75 Å². The lowest BCUT2D eigenvalue weighted by atomic mass is 9.94. The first-order chi connectivity index (χ1) is 17.3. The number of hydrogen-bond donors (Lipinski definition) is 3. The number of alkyl halides is 3. The Hall–Kier alpha value is -3.14. The van der Waals surface area contributed by atoms with Crippen molar-refractivity contribution in [3.05, 3.63) is 41.0 Å². The van der Waals surface area contributed by atoms with Crippen molar-refractivity contribution in [1.29, 1.82) is 0 Å². The van der Waals surface area contributed by atoms with Gasteiger partial charge in [0.25, 0.3) is 0 Å². The van der Waals surface area contributed by atoms with Crippen LogP contribution in [-0.2, 0) is 11.0 Å². The summed E-state index contributed by atoms with van der Waals surface area (Å²) in [6.07, 6.45) is -2.09. The predicted molar refractivity (Wildman–Crippen MR) is 137 cm³/mol. The number of carbonyl (C=O) groups is 1. The average Bonchev–Trinajstić information content (AvgIpc) is 3.57. The summed E-state index contributed by atoms with van der Waals surface area (Å²) in [6.45, 7) is 9.58. The summed E-state index contributed by atoms with van der Waals surface area (Å²) < 4.78 is 39.2. The molecular weight excluding hydrogens is 485 g/mol. The average molecular weight is 521 g/mol. The molecule has 202 valence electrons. The van der Waals surface area contributed by atoms with Crippen molar-refractivity contribution in [2.24, 2.45) is 10.9 Å². The fourth-order valence-electron chi connectivity index (χ4n) is 4.58. The number of aromatic hydroxyl groups is 1. The highest BCUT2D eigenvalue weighted by molar-refractivity contribution is 6.09. The molecule has 0 radical (unpaired) electrons. The number of aromatic nitrogens is 1. The Bertz CT molecular complexity index is 1160. The topological polar surface area (TPSA) is 112 Å². The van der Waals surface area contributed by atoms with Crippen molar-refractivity contribution < 1.29 is 28.2 Å². The van der Waals surface area contributed by atoms with Gasteiger partial charge in [0.15, 0.2) is 0 Å². The fraction of sp³-hybridized carbons (Fsp3) is 0.519. The van der Waals surface area contributed by atoms with Gasteiger partial charge in [-0.1, -0.05) is 13.8 Å². The molecule has 2 aliphatic rings. The zero-order chi connectivity index (χ0) is 27.7. The molecule has 0 bridgehead atoms. The molecule has 1 amide bonds. The Morgan fingerprint density at radius 2 is 1.86 bits per heavy atom. The lowest BCUT2D eigenvalue weighted by Gasteiger charge is -2.23. The molecule has 1 aliphatic carbocycles. The smallest absolute Gasteiger partial charge is 0.416 e. The van der Waals surface area contributed by atoms with E-state index >= 15 is 0 Å². The molecule has 2 fully saturated rings. The number of amides is 1. The Morgan fingerprint density at radius 1 is 1.22 bits per heavy atom. The Balaban J connectivity index is 0.00000186. The van der Waals surface area contributed by atoms with Gasteiger partial charge in [-0.05, 0) is 63.4 Å². The molecule has 4 N–H and O–H groups in total. The predicted octanol–water partition coefficient (Wildman–Crippen LogP) is 4.96. The van der Waals surface area contributed by atoms with Gasteiger partial charge >= 0.3 is 6.18 Å². The highest BCUT2D eigenvalue weighted by Crippen LogP contribution is 2.39. The molecule has 2 aromatic rings. The number of anilines is 1. The number of likely N-dealkylation sites (tertiary alicyclic amines) is 1. The summed E-state index contributed by atoms with van der Waals surface area (Å²) >= 11 is 0. The fourth-order valence-corrected chi connectivity index (χ4v) is 4.58. The normalized spacial score (nSPS) is 18.6. The van der Waals surface area contributed by atoms with Crippen LogP contribution in [0.2, 0.25) is 0 Å². The molecule has 0 spiro atoms. The number of aliphatic imine (C=N–C) groups is 1. The minimum atomic E-state index is -4.59. The van der Waals surface area contributed by atoms with Gasteiger partial charge < -0.3 is 20.8 Å². The van der Waals surface area contributed by atoms with E-state index in [1.165, 1.54) is 13.0 Å². The molecule has 7 nitrogen and oxygen atoms in total. The molecule has 4 rings (SSSR count). The minimum absolute atomic E-state index is 0.0178. The van der Waals surface area contributed by atoms with Crippen LogP contribution in [0, 0.1) is 12.8 Å². The van der Waals surface area contributed by atoms with Gasteiger partial charge in [-0.15, -0.1) is 0 Å². The van der Waals surface area contributed by atoms with Crippen molar-refractivity contribution >= 4 is 17.4 Å². The maximum absolute atomic E-state index is 13.1. The second-order valence-corrected chi connectivity index (χ2v) is 9.91. The number of phenols is 1. The third-order valence-electron chi connectivity index (χ3n) is 6.39. The van der Waals surface area contributed by atoms with Crippen molar-refractivity contribution in [2.45, 2.75) is 71.7 Å². The summed E-state index contributed by atoms with van der Waals surface area (Å²) in [7, 11) is 0. The first-order valence-corrected chi connectivity index (χ1v) is 12.5. The largest absolute Gasteiger partial charge is 0.507 e. The van der Waals surface area contributed by atoms with Crippen LogP contribution in [0.4, 0.5) is 19.0 Å². The highest BCUT2D eigenvalue weighted by atomic mass is 19.4. The third kappa shape index (κ3) is 6.41. The molecule has 1 saturated heterocycles. The van der Waals surface area contributed by atoms with Crippen molar-refractivity contribution in [2.75, 3.05) is 18.8 Å². The van der Waals surface area contributed by atoms with Crippen LogP contribution in [0.15, 0.2) is 29.3 Å². The Kier molecular flexibility index (Phi) is 8.21. The van der Waals surface area contributed by atoms with Gasteiger partial charge in [0.1, 0.15) is 17.2 Å². The van der Waals surface area contributed by atoms with Crippen molar-refractivity contribution in [1.82, 2.24) is 9.88 Å². The van der Waals surface area contributed by atoms with Gasteiger partial charge in [0.2, 0.25) is 5.91 Å². The van der Waals surface area contributed by atoms with Gasteiger partial charge in [0, 0.05) is 42.6 Å². The van der Waals surface area contributed by atoms with E-state index < -0.39 is 23.1 Å². The van der Waals surface area contributed by atoms with Crippen LogP contribution in [-0.4, -0.2) is 56.4 Å². The molecular formula is C27H35F3N4O3. The standard InChI is InChI=1S/C25H29F3N4O3.C2H6/c1-13-8-15(25(26,27)28)10-19(33)21(13)18-7-6-17(23(29)31-18)22(24(2,3)35)30-11-14-9-20(34)32(12-14)16-4-5-16;1-2/h6-8,10,14,16,33,35H,4-5,9,11-12H2,1-3H3,(H2,29,31);1-2H3. The summed E-state index contributed by atoms with van der Waals surface area (Å²) in [6, 6.07) is 5.06. The number of pyridine rings is 1. The van der Waals surface area contributed by atoms with E-state index in [2.05, 4.69) is 9.98 Å². The summed E-state index contributed by atoms with van der Waals surface area (Å²) in [5.41, 5.74) is 5.11. The second-order valence-electron chi connectivity index (χ2n) is 9.91. The van der Waals surface area contributed by atoms with Gasteiger partial charge in [-0.2, -0.15) is 13.2 Å². The second kappa shape index (κ2) is 10.7. The van der Waals surface area contributed by atoms with E-state index in [9.17, 15) is 28.2 Å². The highest BCUT2D eigenvalue weighted by Gasteiger charge is 2.39. The van der Waals surface area contributed by atoms with Crippen molar-refractivity contribution in [3.63, 3.8) is 0 Å². The number of phenolic OH excluding ortho intramolecular Hbond substituents is 1. The zero-order valence-corrected chi connectivity index (χ0v) is 21.9. The van der Waals surface area contributed by atoms with E-state index in [4.69, 9.17) is 5.73 Å². The van der Waals surface area contributed by atoms with E-state index in [-0.39, 0.29) is 34.5 Å². The van der Waals surface area contributed by atoms with Crippen LogP contribution in [0.1, 0.15) is 63.6 Å². The first-order valence-electron chi connectivity index (χ1n) is 12.5. The van der Waals surface area contributed by atoms with Crippen molar-refractivity contribution in [3.8, 4) is 17.0 Å². The summed E-state index contributed by atoms with van der Waals surface area (Å²) in [5, 5.41) is 21.1. The van der Waals surface area contributed by atoms with Crippen LogP contribution in [0.25, 0.3) is 11.3 Å². The number of halogens is 3. The first kappa shape index (κ1) is 28.4. The SMILES string of the molecule is CC.Cc1cc(C(F)(F)F)cc(O)c1-c1ccc(C(=NCC2CC(=O)N(C3CC3)C2)C(C)(C)O)c(N)n1. The maximum atomic E-state index is 13.1. The number of carbonyl (C=O) groups excluding carboxylic acids is 1. The Labute approximate surface area is 215 Å². The summed E-state index contributed by atoms with van der Waals surface area (Å²) in [5.74, 6) is -0.362. The number of rotatable bonds is 6. The number of aliphatic hydroxyl groups is 1. The molecule has 1 aromatic heterocycles. The zero-order valence-electron chi connectivity index (χ0n) is 21.9. The number of nitrogen functional groups attached to an aromatic ring is 1. The van der Waals surface area contributed by atoms with Crippen LogP contribution in [0.3, 0.4) is 0 Å². The Morgan fingerprint density at radius 3 is 2.38 bits per heavy atom. The van der Waals surface area contributed by atoms with E-state index in [1.54, 1.807) is 19.9 Å². The quantitative estimate of drug-likeness (QED) is 0.466. The number of nitrogens with two attached hydrogens (primary N) is 1. The maximum Gasteiger partial charge on any atom is 0.416 e. The van der Waals surface area contributed by atoms with E-state index in [0.29, 0.717) is 42.9 Å². The number of nitrogens with zero attached hydrogens (tertiary/aromatic N) is 3. The number of aryl methyl sites for hydroxylation is 1. The van der Waals surface area contributed by atoms with Gasteiger partial charge in [-0.3, -0.25) is 9.79 Å². The molecule has 1 saturated carbocycles. The summed E-state index contributed by atoms with van der Waals surface area (Å²) in [4.78, 5) is 23.1. The van der Waals surface area contributed by atoms with E-state index in [1.807, 2.05) is 18.7 Å². The molecule has 2 heterocycles. The lowest BCUT2D eigenvalue weighted by Crippen LogP contribution is -2.34. The molecule has 1 unspecified atom stereocenters. The van der Waals surface area contributed by atoms with Crippen LogP contribution >= 0.6 is 0 Å². The van der Waals surface area contributed by atoms with Gasteiger partial charge in [-0.25, -0.2) is 4.98 Å². The molecule has 37 heavy (non-hydrogen) atoms. The van der Waals surface area contributed by atoms with E-state index in [0.717, 1.165) is 18.9 Å². The number of hydrogen-bond acceptors (Lipinski definition) is 6. The molecule has 1 aromatic carbocycles. The molecule has 1 aliphatic heterocycles. The van der Waals surface area contributed by atoms with Gasteiger partial charge in [0.05, 0.1) is 17.0 Å².